The molecule has 2 aromatic rings. The first-order valence-corrected chi connectivity index (χ1v) is 12.9. The Balaban J connectivity index is 1.81. The van der Waals surface area contributed by atoms with E-state index in [0.29, 0.717) is 48.8 Å². The number of fused-ring (bicyclic) bond motifs is 1. The average Bonchev–Trinajstić information content (AvgIpc) is 3.35. The van der Waals surface area contributed by atoms with Gasteiger partial charge in [-0.25, -0.2) is 0 Å². The van der Waals surface area contributed by atoms with Gasteiger partial charge >= 0.3 is 0 Å². The van der Waals surface area contributed by atoms with Gasteiger partial charge in [0.1, 0.15) is 17.6 Å². The smallest absolute Gasteiger partial charge is 0.295 e. The van der Waals surface area contributed by atoms with Crippen molar-refractivity contribution in [2.45, 2.75) is 45.8 Å². The summed E-state index contributed by atoms with van der Waals surface area (Å²) in [5, 5.41) is 11.5. The number of rotatable bonds is 10. The second-order valence-electron chi connectivity index (χ2n) is 9.68. The molecule has 0 aromatic heterocycles. The summed E-state index contributed by atoms with van der Waals surface area (Å²) < 4.78 is 17.3. The van der Waals surface area contributed by atoms with Crippen molar-refractivity contribution in [1.29, 1.82) is 0 Å². The van der Waals surface area contributed by atoms with Crippen LogP contribution in [0.4, 0.5) is 0 Å². The van der Waals surface area contributed by atoms with Crippen molar-refractivity contribution in [3.05, 3.63) is 58.7 Å². The molecular weight excluding hydrogens is 472 g/mol. The van der Waals surface area contributed by atoms with Crippen molar-refractivity contribution >= 4 is 17.4 Å². The lowest BCUT2D eigenvalue weighted by Gasteiger charge is -2.26. The highest BCUT2D eigenvalue weighted by atomic mass is 16.5. The molecule has 2 aromatic carbocycles. The van der Waals surface area contributed by atoms with Gasteiger partial charge in [0.05, 0.1) is 24.8 Å². The van der Waals surface area contributed by atoms with Gasteiger partial charge in [-0.15, -0.1) is 0 Å². The molecule has 1 saturated heterocycles. The molecular formula is C29H36N2O6. The largest absolute Gasteiger partial charge is 0.507 e. The third-order valence-corrected chi connectivity index (χ3v) is 6.60. The van der Waals surface area contributed by atoms with Gasteiger partial charge in [-0.1, -0.05) is 6.07 Å². The molecule has 1 N–H and O–H groups in total. The minimum atomic E-state index is -0.750. The Labute approximate surface area is 218 Å². The molecule has 2 atom stereocenters. The Morgan fingerprint density at radius 3 is 2.51 bits per heavy atom. The molecule has 2 heterocycles. The van der Waals surface area contributed by atoms with Gasteiger partial charge < -0.3 is 29.1 Å². The lowest BCUT2D eigenvalue weighted by Crippen LogP contribution is -2.32. The van der Waals surface area contributed by atoms with E-state index in [1.165, 1.54) is 0 Å². The van der Waals surface area contributed by atoms with Crippen molar-refractivity contribution in [2.24, 2.45) is 0 Å². The Hall–Kier alpha value is -3.52. The predicted octanol–water partition coefficient (Wildman–Crippen LogP) is 4.18. The number of Topliss-reactive ketones (excluding diaryl/α,β-unsaturated/α-hetero) is 1. The van der Waals surface area contributed by atoms with Crippen LogP contribution in [0, 0.1) is 0 Å². The van der Waals surface area contributed by atoms with E-state index in [1.807, 2.05) is 51.9 Å². The number of ketones is 1. The van der Waals surface area contributed by atoms with E-state index < -0.39 is 17.7 Å². The summed E-state index contributed by atoms with van der Waals surface area (Å²) in [5.74, 6) is 0.402. The first kappa shape index (κ1) is 26.5. The second-order valence-corrected chi connectivity index (χ2v) is 9.68. The Morgan fingerprint density at radius 1 is 1.08 bits per heavy atom. The molecule has 1 amide bonds. The van der Waals surface area contributed by atoms with Crippen molar-refractivity contribution < 1.29 is 28.9 Å². The molecule has 4 rings (SSSR count). The molecule has 37 heavy (non-hydrogen) atoms. The molecule has 2 unspecified atom stereocenters. The van der Waals surface area contributed by atoms with E-state index in [-0.39, 0.29) is 17.4 Å². The monoisotopic (exact) mass is 508 g/mol. The van der Waals surface area contributed by atoms with Crippen LogP contribution in [0.3, 0.4) is 0 Å². The molecule has 0 radical (unpaired) electrons. The quantitative estimate of drug-likeness (QED) is 0.293. The highest BCUT2D eigenvalue weighted by Gasteiger charge is 2.46. The van der Waals surface area contributed by atoms with Crippen LogP contribution >= 0.6 is 0 Å². The second kappa shape index (κ2) is 11.3. The van der Waals surface area contributed by atoms with E-state index in [2.05, 4.69) is 0 Å². The van der Waals surface area contributed by atoms with E-state index in [9.17, 15) is 14.7 Å². The molecule has 198 valence electrons. The van der Waals surface area contributed by atoms with E-state index in [0.717, 1.165) is 24.3 Å². The van der Waals surface area contributed by atoms with Gasteiger partial charge in [0.15, 0.2) is 11.5 Å². The summed E-state index contributed by atoms with van der Waals surface area (Å²) in [6, 6.07) is 10.0. The maximum atomic E-state index is 13.4. The summed E-state index contributed by atoms with van der Waals surface area (Å²) in [4.78, 5) is 30.2. The maximum Gasteiger partial charge on any atom is 0.295 e. The van der Waals surface area contributed by atoms with Crippen LogP contribution in [-0.2, 0) is 16.0 Å². The fraction of sp³-hybridized carbons (Fsp3) is 0.448. The standard InChI is InChI=1S/C29H36N2O6/c1-6-35-23-12-9-19(17-24(23)36-7-2)26-25(28(33)29(34)31(26)14-8-13-30(4)5)27(32)20-10-11-22-21(16-20)15-18(3)37-22/h9-12,16-18,26,32H,6-8,13-15H2,1-5H3. The fourth-order valence-electron chi connectivity index (χ4n) is 4.98. The highest BCUT2D eigenvalue weighted by molar-refractivity contribution is 6.46. The predicted molar refractivity (Wildman–Crippen MR) is 141 cm³/mol. The molecule has 2 aliphatic heterocycles. The van der Waals surface area contributed by atoms with Crippen molar-refractivity contribution in [3.8, 4) is 17.2 Å². The first-order chi connectivity index (χ1) is 17.7. The van der Waals surface area contributed by atoms with Crippen LogP contribution in [0.15, 0.2) is 42.0 Å². The number of benzene rings is 2. The molecule has 1 fully saturated rings. The number of hydrogen-bond donors (Lipinski definition) is 1. The number of nitrogens with zero attached hydrogens (tertiary/aromatic N) is 2. The number of ether oxygens (including phenoxy) is 3. The minimum absolute atomic E-state index is 0.0514. The first-order valence-electron chi connectivity index (χ1n) is 12.9. The average molecular weight is 509 g/mol. The van der Waals surface area contributed by atoms with E-state index >= 15 is 0 Å². The Bertz CT molecular complexity index is 1200. The van der Waals surface area contributed by atoms with Crippen LogP contribution in [-0.4, -0.2) is 73.1 Å². The number of carbonyl (C=O) groups is 2. The minimum Gasteiger partial charge on any atom is -0.507 e. The van der Waals surface area contributed by atoms with Crippen molar-refractivity contribution in [1.82, 2.24) is 9.80 Å². The maximum absolute atomic E-state index is 13.4. The van der Waals surface area contributed by atoms with Gasteiger partial charge in [-0.3, -0.25) is 9.59 Å². The zero-order valence-electron chi connectivity index (χ0n) is 22.2. The Morgan fingerprint density at radius 2 is 1.81 bits per heavy atom. The van der Waals surface area contributed by atoms with Gasteiger partial charge in [0.25, 0.3) is 11.7 Å². The molecule has 0 bridgehead atoms. The SMILES string of the molecule is CCOc1ccc(C2C(=C(O)c3ccc4c(c3)CC(C)O4)C(=O)C(=O)N2CCCN(C)C)cc1OCC. The third-order valence-electron chi connectivity index (χ3n) is 6.60. The van der Waals surface area contributed by atoms with Gasteiger partial charge in [0.2, 0.25) is 0 Å². The lowest BCUT2D eigenvalue weighted by molar-refractivity contribution is -0.139. The third kappa shape index (κ3) is 5.44. The molecule has 8 nitrogen and oxygen atoms in total. The van der Waals surface area contributed by atoms with Crippen molar-refractivity contribution in [2.75, 3.05) is 40.4 Å². The molecule has 8 heteroatoms. The number of amides is 1. The number of carbonyl (C=O) groups excluding carboxylic acids is 2. The fourth-order valence-corrected chi connectivity index (χ4v) is 4.98. The van der Waals surface area contributed by atoms with Gasteiger partial charge in [-0.05, 0) is 89.3 Å². The summed E-state index contributed by atoms with van der Waals surface area (Å²) in [5.41, 5.74) is 2.21. The number of likely N-dealkylation sites (tertiary alicyclic amines) is 1. The van der Waals surface area contributed by atoms with Crippen LogP contribution < -0.4 is 14.2 Å². The zero-order valence-corrected chi connectivity index (χ0v) is 22.2. The van der Waals surface area contributed by atoms with Gasteiger partial charge in [0, 0.05) is 18.5 Å². The number of aliphatic hydroxyl groups excluding tert-OH is 1. The number of aliphatic hydroxyl groups is 1. The summed E-state index contributed by atoms with van der Waals surface area (Å²) in [6.45, 7) is 7.80. The molecule has 0 saturated carbocycles. The molecule has 2 aliphatic rings. The van der Waals surface area contributed by atoms with E-state index in [1.54, 1.807) is 29.2 Å². The zero-order chi connectivity index (χ0) is 26.7. The number of hydrogen-bond acceptors (Lipinski definition) is 7. The van der Waals surface area contributed by atoms with Crippen LogP contribution in [0.1, 0.15) is 49.9 Å². The highest BCUT2D eigenvalue weighted by Crippen LogP contribution is 2.43. The van der Waals surface area contributed by atoms with Crippen LogP contribution in [0.2, 0.25) is 0 Å². The topological polar surface area (TPSA) is 88.5 Å². The molecule has 0 spiro atoms. The summed E-state index contributed by atoms with van der Waals surface area (Å²) in [6.07, 6.45) is 1.45. The van der Waals surface area contributed by atoms with Gasteiger partial charge in [-0.2, -0.15) is 0 Å². The molecule has 0 aliphatic carbocycles. The summed E-state index contributed by atoms with van der Waals surface area (Å²) in [7, 11) is 3.93. The Kier molecular flexibility index (Phi) is 8.07. The summed E-state index contributed by atoms with van der Waals surface area (Å²) >= 11 is 0. The van der Waals surface area contributed by atoms with E-state index in [4.69, 9.17) is 14.2 Å². The van der Waals surface area contributed by atoms with Crippen LogP contribution in [0.25, 0.3) is 5.76 Å². The van der Waals surface area contributed by atoms with Crippen molar-refractivity contribution in [3.63, 3.8) is 0 Å². The van der Waals surface area contributed by atoms with Crippen LogP contribution in [0.5, 0.6) is 17.2 Å². The normalized spacial score (nSPS) is 20.3. The lowest BCUT2D eigenvalue weighted by atomic mass is 9.94.